The maximum absolute atomic E-state index is 9.28. The van der Waals surface area contributed by atoms with E-state index in [-0.39, 0.29) is 6.61 Å². The molecule has 0 amide bonds. The minimum atomic E-state index is 0.256. The van der Waals surface area contributed by atoms with Crippen molar-refractivity contribution in [2.24, 2.45) is 0 Å². The second-order valence-electron chi connectivity index (χ2n) is 5.81. The lowest BCUT2D eigenvalue weighted by atomic mass is 9.94. The summed E-state index contributed by atoms with van der Waals surface area (Å²) in [5.74, 6) is 0.514. The van der Waals surface area contributed by atoms with E-state index in [1.165, 1.54) is 42.0 Å². The van der Waals surface area contributed by atoms with Crippen molar-refractivity contribution in [2.75, 3.05) is 13.2 Å². The zero-order valence-electron chi connectivity index (χ0n) is 12.1. The van der Waals surface area contributed by atoms with Gasteiger partial charge < -0.3 is 5.11 Å². The predicted molar refractivity (Wildman–Crippen MR) is 80.6 cm³/mol. The Morgan fingerprint density at radius 3 is 2.68 bits per heavy atom. The Morgan fingerprint density at radius 1 is 1.37 bits per heavy atom. The second kappa shape index (κ2) is 7.36. The van der Waals surface area contributed by atoms with E-state index in [2.05, 4.69) is 23.7 Å². The van der Waals surface area contributed by atoms with Crippen molar-refractivity contribution in [1.29, 1.82) is 0 Å². The first kappa shape index (κ1) is 14.9. The Kier molecular flexibility index (Phi) is 5.79. The summed E-state index contributed by atoms with van der Waals surface area (Å²) in [6.07, 6.45) is 8.65. The molecule has 1 aromatic heterocycles. The Morgan fingerprint density at radius 2 is 2.11 bits per heavy atom. The van der Waals surface area contributed by atoms with Gasteiger partial charge in [0.05, 0.1) is 11.6 Å². The number of aromatic nitrogens is 1. The molecule has 0 aromatic carbocycles. The van der Waals surface area contributed by atoms with Crippen LogP contribution in [0, 0.1) is 0 Å². The molecule has 0 radical (unpaired) electrons. The summed E-state index contributed by atoms with van der Waals surface area (Å²) in [6, 6.07) is 0.658. The molecular formula is C15H26N2OS. The molecule has 2 rings (SSSR count). The summed E-state index contributed by atoms with van der Waals surface area (Å²) in [4.78, 5) is 8.29. The molecule has 1 heterocycles. The van der Waals surface area contributed by atoms with Gasteiger partial charge in [0.15, 0.2) is 0 Å². The van der Waals surface area contributed by atoms with E-state index in [9.17, 15) is 5.11 Å². The Hall–Kier alpha value is -0.450. The van der Waals surface area contributed by atoms with Crippen LogP contribution >= 0.6 is 11.3 Å². The second-order valence-corrected chi connectivity index (χ2v) is 6.95. The third-order valence-electron chi connectivity index (χ3n) is 3.90. The van der Waals surface area contributed by atoms with Crippen LogP contribution in [-0.2, 0) is 6.54 Å². The fourth-order valence-corrected chi connectivity index (χ4v) is 3.77. The van der Waals surface area contributed by atoms with Gasteiger partial charge in [-0.05, 0) is 12.8 Å². The van der Waals surface area contributed by atoms with Crippen LogP contribution < -0.4 is 0 Å². The van der Waals surface area contributed by atoms with Crippen molar-refractivity contribution in [3.8, 4) is 0 Å². The van der Waals surface area contributed by atoms with Crippen LogP contribution in [0.3, 0.4) is 0 Å². The monoisotopic (exact) mass is 282 g/mol. The molecule has 108 valence electrons. The molecule has 1 aromatic rings. The number of aliphatic hydroxyl groups excluding tert-OH is 1. The van der Waals surface area contributed by atoms with E-state index in [1.54, 1.807) is 0 Å². The fourth-order valence-electron chi connectivity index (χ4n) is 2.83. The Bertz CT molecular complexity index is 372. The average Bonchev–Trinajstić information content (AvgIpc) is 2.88. The fraction of sp³-hybridized carbons (Fsp3) is 0.800. The van der Waals surface area contributed by atoms with Crippen LogP contribution in [0.2, 0.25) is 0 Å². The van der Waals surface area contributed by atoms with E-state index >= 15 is 0 Å². The van der Waals surface area contributed by atoms with Crippen LogP contribution in [0.25, 0.3) is 0 Å². The van der Waals surface area contributed by atoms with Gasteiger partial charge in [-0.15, -0.1) is 11.3 Å². The third-order valence-corrected chi connectivity index (χ3v) is 5.19. The topological polar surface area (TPSA) is 36.4 Å². The zero-order valence-corrected chi connectivity index (χ0v) is 13.0. The van der Waals surface area contributed by atoms with Crippen molar-refractivity contribution in [3.05, 3.63) is 16.1 Å². The van der Waals surface area contributed by atoms with E-state index in [0.29, 0.717) is 12.0 Å². The molecule has 1 aliphatic carbocycles. The van der Waals surface area contributed by atoms with Gasteiger partial charge >= 0.3 is 0 Å². The van der Waals surface area contributed by atoms with Gasteiger partial charge in [0.1, 0.15) is 0 Å². The highest BCUT2D eigenvalue weighted by molar-refractivity contribution is 7.11. The average molecular weight is 282 g/mol. The number of hydrogen-bond donors (Lipinski definition) is 1. The molecular weight excluding hydrogens is 256 g/mol. The summed E-state index contributed by atoms with van der Waals surface area (Å²) >= 11 is 1.82. The minimum absolute atomic E-state index is 0.256. The lowest BCUT2D eigenvalue weighted by molar-refractivity contribution is 0.118. The largest absolute Gasteiger partial charge is 0.395 e. The molecule has 1 saturated carbocycles. The quantitative estimate of drug-likeness (QED) is 0.869. The predicted octanol–water partition coefficient (Wildman–Crippen LogP) is 3.39. The zero-order chi connectivity index (χ0) is 13.7. The summed E-state index contributed by atoms with van der Waals surface area (Å²) < 4.78 is 0. The SMILES string of the molecule is CC(C)c1ncc(CN(CCO)C2CCCCC2)s1. The minimum Gasteiger partial charge on any atom is -0.395 e. The van der Waals surface area contributed by atoms with E-state index in [0.717, 1.165) is 13.1 Å². The third kappa shape index (κ3) is 4.26. The van der Waals surface area contributed by atoms with Gasteiger partial charge in [-0.1, -0.05) is 33.1 Å². The molecule has 3 nitrogen and oxygen atoms in total. The molecule has 0 bridgehead atoms. The van der Waals surface area contributed by atoms with Crippen LogP contribution in [0.4, 0.5) is 0 Å². The summed E-state index contributed by atoms with van der Waals surface area (Å²) in [7, 11) is 0. The molecule has 1 aliphatic rings. The first-order valence-corrected chi connectivity index (χ1v) is 8.32. The van der Waals surface area contributed by atoms with Crippen LogP contribution in [-0.4, -0.2) is 34.2 Å². The molecule has 4 heteroatoms. The number of hydrogen-bond acceptors (Lipinski definition) is 4. The molecule has 1 fully saturated rings. The highest BCUT2D eigenvalue weighted by atomic mass is 32.1. The molecule has 0 aliphatic heterocycles. The van der Waals surface area contributed by atoms with Crippen molar-refractivity contribution in [3.63, 3.8) is 0 Å². The summed E-state index contributed by atoms with van der Waals surface area (Å²) in [5, 5.41) is 10.5. The molecule has 19 heavy (non-hydrogen) atoms. The van der Waals surface area contributed by atoms with Gasteiger partial charge in [-0.25, -0.2) is 4.98 Å². The summed E-state index contributed by atoms with van der Waals surface area (Å²) in [5.41, 5.74) is 0. The maximum Gasteiger partial charge on any atom is 0.0953 e. The number of aliphatic hydroxyl groups is 1. The lowest BCUT2D eigenvalue weighted by Crippen LogP contribution is -2.38. The summed E-state index contributed by atoms with van der Waals surface area (Å²) in [6.45, 7) is 6.38. The van der Waals surface area contributed by atoms with Gasteiger partial charge in [0, 0.05) is 36.1 Å². The first-order valence-electron chi connectivity index (χ1n) is 7.50. The van der Waals surface area contributed by atoms with Crippen LogP contribution in [0.1, 0.15) is 61.8 Å². The highest BCUT2D eigenvalue weighted by Crippen LogP contribution is 2.26. The molecule has 0 saturated heterocycles. The van der Waals surface area contributed by atoms with Crippen molar-refractivity contribution >= 4 is 11.3 Å². The number of nitrogens with zero attached hydrogens (tertiary/aromatic N) is 2. The van der Waals surface area contributed by atoms with Crippen LogP contribution in [0.15, 0.2) is 6.20 Å². The smallest absolute Gasteiger partial charge is 0.0953 e. The maximum atomic E-state index is 9.28. The van der Waals surface area contributed by atoms with E-state index in [4.69, 9.17) is 0 Å². The Balaban J connectivity index is 1.98. The normalized spacial score (nSPS) is 17.5. The van der Waals surface area contributed by atoms with Gasteiger partial charge in [0.2, 0.25) is 0 Å². The Labute approximate surface area is 120 Å². The van der Waals surface area contributed by atoms with Crippen molar-refractivity contribution in [1.82, 2.24) is 9.88 Å². The molecule has 1 N–H and O–H groups in total. The van der Waals surface area contributed by atoms with E-state index < -0.39 is 0 Å². The molecule has 0 atom stereocenters. The standard InChI is InChI=1S/C15H26N2OS/c1-12(2)15-16-10-14(19-15)11-17(8-9-18)13-6-4-3-5-7-13/h10,12-13,18H,3-9,11H2,1-2H3. The molecule has 0 unspecified atom stereocenters. The van der Waals surface area contributed by atoms with Crippen molar-refractivity contribution in [2.45, 2.75) is 64.5 Å². The van der Waals surface area contributed by atoms with E-state index in [1.807, 2.05) is 17.5 Å². The van der Waals surface area contributed by atoms with Crippen molar-refractivity contribution < 1.29 is 5.11 Å². The van der Waals surface area contributed by atoms with Gasteiger partial charge in [-0.3, -0.25) is 4.90 Å². The molecule has 0 spiro atoms. The highest BCUT2D eigenvalue weighted by Gasteiger charge is 2.21. The van der Waals surface area contributed by atoms with Crippen LogP contribution in [0.5, 0.6) is 0 Å². The first-order chi connectivity index (χ1) is 9.20. The lowest BCUT2D eigenvalue weighted by Gasteiger charge is -2.33. The van der Waals surface area contributed by atoms with Gasteiger partial charge in [-0.2, -0.15) is 0 Å². The van der Waals surface area contributed by atoms with Gasteiger partial charge in [0.25, 0.3) is 0 Å². The number of thiazole rings is 1. The number of rotatable bonds is 6.